The zero-order chi connectivity index (χ0) is 10.3. The van der Waals surface area contributed by atoms with Gasteiger partial charge in [-0.3, -0.25) is 0 Å². The standard InChI is InChI=1S/C12H27N/c1-6-8-13-12(5)11(4)9-10(3)7-2/h10-13H,6-9H2,1-5H3. The van der Waals surface area contributed by atoms with Crippen molar-refractivity contribution in [1.82, 2.24) is 5.32 Å². The second-order valence-corrected chi connectivity index (χ2v) is 4.47. The van der Waals surface area contributed by atoms with Crippen molar-refractivity contribution < 1.29 is 0 Å². The molecule has 0 amide bonds. The first-order valence-corrected chi connectivity index (χ1v) is 5.85. The molecule has 13 heavy (non-hydrogen) atoms. The summed E-state index contributed by atoms with van der Waals surface area (Å²) in [5.74, 6) is 1.68. The van der Waals surface area contributed by atoms with Crippen LogP contribution in [0.15, 0.2) is 0 Å². The third-order valence-corrected chi connectivity index (χ3v) is 3.04. The highest BCUT2D eigenvalue weighted by molar-refractivity contribution is 4.70. The van der Waals surface area contributed by atoms with Crippen molar-refractivity contribution in [3.63, 3.8) is 0 Å². The van der Waals surface area contributed by atoms with Crippen molar-refractivity contribution in [2.75, 3.05) is 6.54 Å². The lowest BCUT2D eigenvalue weighted by Gasteiger charge is -2.23. The van der Waals surface area contributed by atoms with E-state index in [9.17, 15) is 0 Å². The van der Waals surface area contributed by atoms with Crippen LogP contribution in [-0.2, 0) is 0 Å². The molecule has 0 fully saturated rings. The molecule has 3 atom stereocenters. The fourth-order valence-electron chi connectivity index (χ4n) is 1.58. The molecule has 0 saturated carbocycles. The van der Waals surface area contributed by atoms with Gasteiger partial charge in [0, 0.05) is 6.04 Å². The van der Waals surface area contributed by atoms with Gasteiger partial charge in [0.1, 0.15) is 0 Å². The number of hydrogen-bond acceptors (Lipinski definition) is 1. The Kier molecular flexibility index (Phi) is 7.35. The van der Waals surface area contributed by atoms with Gasteiger partial charge in [-0.1, -0.05) is 34.1 Å². The van der Waals surface area contributed by atoms with Crippen LogP contribution in [0, 0.1) is 11.8 Å². The molecule has 0 bridgehead atoms. The molecule has 80 valence electrons. The fourth-order valence-corrected chi connectivity index (χ4v) is 1.58. The second kappa shape index (κ2) is 7.37. The lowest BCUT2D eigenvalue weighted by Crippen LogP contribution is -2.33. The van der Waals surface area contributed by atoms with Crippen LogP contribution < -0.4 is 5.32 Å². The number of nitrogens with one attached hydrogen (secondary N) is 1. The third kappa shape index (κ3) is 6.09. The largest absolute Gasteiger partial charge is 0.314 e. The monoisotopic (exact) mass is 185 g/mol. The van der Waals surface area contributed by atoms with Crippen LogP contribution in [0.2, 0.25) is 0 Å². The van der Waals surface area contributed by atoms with Gasteiger partial charge in [0.2, 0.25) is 0 Å². The van der Waals surface area contributed by atoms with E-state index in [0.717, 1.165) is 18.4 Å². The van der Waals surface area contributed by atoms with E-state index in [0.29, 0.717) is 6.04 Å². The Morgan fingerprint density at radius 2 is 1.69 bits per heavy atom. The maximum Gasteiger partial charge on any atom is 0.00644 e. The van der Waals surface area contributed by atoms with E-state index < -0.39 is 0 Å². The molecule has 0 rings (SSSR count). The molecule has 0 aliphatic rings. The summed E-state index contributed by atoms with van der Waals surface area (Å²) in [6.45, 7) is 12.7. The summed E-state index contributed by atoms with van der Waals surface area (Å²) in [6, 6.07) is 0.675. The average Bonchev–Trinajstić information content (AvgIpc) is 2.13. The normalized spacial score (nSPS) is 18.2. The van der Waals surface area contributed by atoms with E-state index in [-0.39, 0.29) is 0 Å². The predicted octanol–water partition coefficient (Wildman–Crippen LogP) is 3.45. The quantitative estimate of drug-likeness (QED) is 0.640. The molecule has 0 aromatic rings. The highest BCUT2D eigenvalue weighted by atomic mass is 14.9. The summed E-state index contributed by atoms with van der Waals surface area (Å²) >= 11 is 0. The Hall–Kier alpha value is -0.0400. The summed E-state index contributed by atoms with van der Waals surface area (Å²) in [5, 5.41) is 3.56. The summed E-state index contributed by atoms with van der Waals surface area (Å²) in [7, 11) is 0. The molecule has 3 unspecified atom stereocenters. The zero-order valence-electron chi connectivity index (χ0n) is 10.1. The Bertz CT molecular complexity index is 112. The van der Waals surface area contributed by atoms with Gasteiger partial charge in [-0.05, 0) is 38.1 Å². The molecule has 0 saturated heterocycles. The minimum atomic E-state index is 0.675. The summed E-state index contributed by atoms with van der Waals surface area (Å²) in [6.07, 6.45) is 3.90. The molecule has 0 heterocycles. The summed E-state index contributed by atoms with van der Waals surface area (Å²) in [5.41, 5.74) is 0. The van der Waals surface area contributed by atoms with E-state index in [4.69, 9.17) is 0 Å². The number of hydrogen-bond donors (Lipinski definition) is 1. The van der Waals surface area contributed by atoms with Crippen LogP contribution in [0.3, 0.4) is 0 Å². The van der Waals surface area contributed by atoms with Gasteiger partial charge in [0.05, 0.1) is 0 Å². The van der Waals surface area contributed by atoms with Gasteiger partial charge >= 0.3 is 0 Å². The van der Waals surface area contributed by atoms with Gasteiger partial charge in [-0.2, -0.15) is 0 Å². The Labute approximate surface area is 84.3 Å². The highest BCUT2D eigenvalue weighted by Gasteiger charge is 2.13. The topological polar surface area (TPSA) is 12.0 Å². The number of rotatable bonds is 7. The van der Waals surface area contributed by atoms with Gasteiger partial charge in [0.25, 0.3) is 0 Å². The van der Waals surface area contributed by atoms with E-state index in [1.54, 1.807) is 0 Å². The van der Waals surface area contributed by atoms with Gasteiger partial charge in [-0.15, -0.1) is 0 Å². The molecule has 0 aromatic carbocycles. The van der Waals surface area contributed by atoms with E-state index >= 15 is 0 Å². The molecule has 0 aromatic heterocycles. The maximum atomic E-state index is 3.56. The van der Waals surface area contributed by atoms with Crippen LogP contribution in [0.1, 0.15) is 53.9 Å². The van der Waals surface area contributed by atoms with Crippen LogP contribution >= 0.6 is 0 Å². The van der Waals surface area contributed by atoms with Crippen LogP contribution in [0.5, 0.6) is 0 Å². The lowest BCUT2D eigenvalue weighted by molar-refractivity contribution is 0.325. The molecule has 1 nitrogen and oxygen atoms in total. The van der Waals surface area contributed by atoms with Crippen LogP contribution in [-0.4, -0.2) is 12.6 Å². The first kappa shape index (κ1) is 13.0. The minimum absolute atomic E-state index is 0.675. The van der Waals surface area contributed by atoms with Gasteiger partial charge in [-0.25, -0.2) is 0 Å². The van der Waals surface area contributed by atoms with Crippen molar-refractivity contribution >= 4 is 0 Å². The molecule has 0 radical (unpaired) electrons. The highest BCUT2D eigenvalue weighted by Crippen LogP contribution is 2.17. The van der Waals surface area contributed by atoms with Crippen molar-refractivity contribution in [3.05, 3.63) is 0 Å². The third-order valence-electron chi connectivity index (χ3n) is 3.04. The smallest absolute Gasteiger partial charge is 0.00644 e. The van der Waals surface area contributed by atoms with Crippen molar-refractivity contribution in [1.29, 1.82) is 0 Å². The SMILES string of the molecule is CCCNC(C)C(C)CC(C)CC. The Balaban J connectivity index is 3.61. The van der Waals surface area contributed by atoms with Gasteiger partial charge < -0.3 is 5.32 Å². The molecule has 0 spiro atoms. The van der Waals surface area contributed by atoms with Gasteiger partial charge in [0.15, 0.2) is 0 Å². The second-order valence-electron chi connectivity index (χ2n) is 4.47. The predicted molar refractivity (Wildman–Crippen MR) is 61.0 cm³/mol. The molecule has 1 N–H and O–H groups in total. The van der Waals surface area contributed by atoms with Crippen molar-refractivity contribution in [2.24, 2.45) is 11.8 Å². The van der Waals surface area contributed by atoms with Crippen LogP contribution in [0.4, 0.5) is 0 Å². The van der Waals surface area contributed by atoms with E-state index in [2.05, 4.69) is 39.9 Å². The molecular weight excluding hydrogens is 158 g/mol. The summed E-state index contributed by atoms with van der Waals surface area (Å²) < 4.78 is 0. The van der Waals surface area contributed by atoms with Crippen LogP contribution in [0.25, 0.3) is 0 Å². The first-order valence-electron chi connectivity index (χ1n) is 5.85. The van der Waals surface area contributed by atoms with E-state index in [1.807, 2.05) is 0 Å². The zero-order valence-corrected chi connectivity index (χ0v) is 10.1. The molecule has 1 heteroatoms. The Morgan fingerprint density at radius 3 is 2.15 bits per heavy atom. The molecular formula is C12H27N. The minimum Gasteiger partial charge on any atom is -0.314 e. The lowest BCUT2D eigenvalue weighted by atomic mass is 9.90. The maximum absolute atomic E-state index is 3.56. The van der Waals surface area contributed by atoms with Crippen molar-refractivity contribution in [3.8, 4) is 0 Å². The first-order chi connectivity index (χ1) is 6.11. The molecule has 0 aliphatic carbocycles. The van der Waals surface area contributed by atoms with Crippen molar-refractivity contribution in [2.45, 2.75) is 59.9 Å². The fraction of sp³-hybridized carbons (Fsp3) is 1.00. The average molecular weight is 185 g/mol. The summed E-state index contributed by atoms with van der Waals surface area (Å²) in [4.78, 5) is 0. The Morgan fingerprint density at radius 1 is 1.08 bits per heavy atom. The van der Waals surface area contributed by atoms with E-state index in [1.165, 1.54) is 19.3 Å². The molecule has 0 aliphatic heterocycles.